The zero-order valence-corrected chi connectivity index (χ0v) is 22.7. The quantitative estimate of drug-likeness (QED) is 0.0895. The van der Waals surface area contributed by atoms with E-state index in [1.807, 2.05) is 54.6 Å². The Labute approximate surface area is 240 Å². The third-order valence-electron chi connectivity index (χ3n) is 6.55. The summed E-state index contributed by atoms with van der Waals surface area (Å²) >= 11 is 0. The largest absolute Gasteiger partial charge is 0.494 e. The van der Waals surface area contributed by atoms with Gasteiger partial charge in [-0.25, -0.2) is 8.78 Å². The second-order valence-corrected chi connectivity index (χ2v) is 9.65. The van der Waals surface area contributed by atoms with Crippen molar-refractivity contribution < 1.29 is 42.4 Å². The Morgan fingerprint density at radius 2 is 1.55 bits per heavy atom. The van der Waals surface area contributed by atoms with Gasteiger partial charge in [-0.3, -0.25) is 9.59 Å². The smallest absolute Gasteiger partial charge is 0.323 e. The highest BCUT2D eigenvalue weighted by Crippen LogP contribution is 2.28. The number of unbranched alkanes of at least 4 members (excludes halogenated alkanes) is 1. The lowest BCUT2D eigenvalue weighted by molar-refractivity contribution is -0.138. The summed E-state index contributed by atoms with van der Waals surface area (Å²) in [5.74, 6) is -5.68. The third kappa shape index (κ3) is 7.93. The molecular formula is C32H30F3NO6. The summed E-state index contributed by atoms with van der Waals surface area (Å²) in [6.45, 7) is 0.303. The van der Waals surface area contributed by atoms with Crippen molar-refractivity contribution in [2.45, 2.75) is 38.6 Å². The summed E-state index contributed by atoms with van der Waals surface area (Å²) in [5.41, 5.74) is 3.42. The minimum absolute atomic E-state index is 0.0420. The molecule has 0 fully saturated rings. The Balaban J connectivity index is 1.33. The zero-order chi connectivity index (χ0) is 30.1. The first kappa shape index (κ1) is 30.2. The van der Waals surface area contributed by atoms with E-state index >= 15 is 0 Å². The van der Waals surface area contributed by atoms with Gasteiger partial charge in [-0.1, -0.05) is 42.5 Å². The van der Waals surface area contributed by atoms with Crippen LogP contribution in [-0.2, 0) is 22.6 Å². The number of nitrogens with zero attached hydrogens (tertiary/aromatic N) is 1. The molecule has 4 aromatic rings. The summed E-state index contributed by atoms with van der Waals surface area (Å²) in [6, 6.07) is 15.0. The Kier molecular flexibility index (Phi) is 10.3. The van der Waals surface area contributed by atoms with E-state index in [1.165, 1.54) is 0 Å². The summed E-state index contributed by atoms with van der Waals surface area (Å²) in [7, 11) is 0. The van der Waals surface area contributed by atoms with Gasteiger partial charge in [0.15, 0.2) is 17.4 Å². The standard InChI is InChI=1S/C32H30F3NO6/c33-26-15-16-27(31(35)30(26)34)42-18-2-1-17-41-24-13-10-21(11-14-24)9-12-22-5-3-7-25-23(6-4-8-28(37)38)19-36(32(22)25)20-29(39)40/h3,5,7,9-16,19H,1-2,4,6,8,17-18,20H2,(H,37,38)(H,39,40). The summed E-state index contributed by atoms with van der Waals surface area (Å²) in [5, 5.41) is 19.3. The minimum Gasteiger partial charge on any atom is -0.494 e. The number of carboxylic acid groups (broad SMARTS) is 2. The van der Waals surface area contributed by atoms with Crippen molar-refractivity contribution in [2.24, 2.45) is 0 Å². The van der Waals surface area contributed by atoms with Crippen LogP contribution < -0.4 is 9.47 Å². The highest BCUT2D eigenvalue weighted by molar-refractivity contribution is 5.94. The summed E-state index contributed by atoms with van der Waals surface area (Å²) < 4.78 is 52.5. The molecule has 7 nitrogen and oxygen atoms in total. The van der Waals surface area contributed by atoms with Crippen LogP contribution in [0.15, 0.2) is 60.8 Å². The van der Waals surface area contributed by atoms with Crippen LogP contribution >= 0.6 is 0 Å². The Morgan fingerprint density at radius 3 is 2.26 bits per heavy atom. The molecule has 0 bridgehead atoms. The van der Waals surface area contributed by atoms with Crippen LogP contribution in [-0.4, -0.2) is 39.9 Å². The first-order valence-electron chi connectivity index (χ1n) is 13.4. The van der Waals surface area contributed by atoms with E-state index in [4.69, 9.17) is 14.6 Å². The van der Waals surface area contributed by atoms with E-state index in [9.17, 15) is 27.9 Å². The van der Waals surface area contributed by atoms with E-state index in [0.717, 1.165) is 39.7 Å². The Morgan fingerprint density at radius 1 is 0.810 bits per heavy atom. The molecule has 42 heavy (non-hydrogen) atoms. The summed E-state index contributed by atoms with van der Waals surface area (Å²) in [6.07, 6.45) is 7.77. The number of rotatable bonds is 15. The lowest BCUT2D eigenvalue weighted by Gasteiger charge is -2.09. The molecule has 0 amide bonds. The number of halogens is 3. The lowest BCUT2D eigenvalue weighted by atomic mass is 10.0. The van der Waals surface area contributed by atoms with Crippen LogP contribution in [0.2, 0.25) is 0 Å². The van der Waals surface area contributed by atoms with Crippen LogP contribution in [0, 0.1) is 17.5 Å². The van der Waals surface area contributed by atoms with Gasteiger partial charge in [-0.15, -0.1) is 0 Å². The second-order valence-electron chi connectivity index (χ2n) is 9.65. The number of carbonyl (C=O) groups is 2. The molecule has 0 unspecified atom stereocenters. The molecule has 220 valence electrons. The topological polar surface area (TPSA) is 98.0 Å². The average Bonchev–Trinajstić information content (AvgIpc) is 3.31. The number of aryl methyl sites for hydroxylation is 1. The van der Waals surface area contributed by atoms with Crippen molar-refractivity contribution in [2.75, 3.05) is 13.2 Å². The second kappa shape index (κ2) is 14.2. The number of ether oxygens (including phenoxy) is 2. The van der Waals surface area contributed by atoms with E-state index < -0.39 is 29.4 Å². The van der Waals surface area contributed by atoms with E-state index in [2.05, 4.69) is 0 Å². The van der Waals surface area contributed by atoms with Gasteiger partial charge in [-0.05, 0) is 66.6 Å². The first-order valence-corrected chi connectivity index (χ1v) is 13.4. The number of carboxylic acids is 2. The van der Waals surface area contributed by atoms with Gasteiger partial charge in [0.1, 0.15) is 12.3 Å². The van der Waals surface area contributed by atoms with Crippen molar-refractivity contribution in [3.8, 4) is 11.5 Å². The third-order valence-corrected chi connectivity index (χ3v) is 6.55. The number of aliphatic carboxylic acids is 2. The van der Waals surface area contributed by atoms with Gasteiger partial charge in [0.2, 0.25) is 5.82 Å². The Bertz CT molecular complexity index is 1580. The van der Waals surface area contributed by atoms with Gasteiger partial charge in [0, 0.05) is 18.0 Å². The van der Waals surface area contributed by atoms with Gasteiger partial charge >= 0.3 is 11.9 Å². The van der Waals surface area contributed by atoms with E-state index in [1.54, 1.807) is 10.8 Å². The monoisotopic (exact) mass is 581 g/mol. The number of hydrogen-bond donors (Lipinski definition) is 2. The Hall–Kier alpha value is -4.73. The van der Waals surface area contributed by atoms with Gasteiger partial charge in [0.05, 0.1) is 18.7 Å². The zero-order valence-electron chi connectivity index (χ0n) is 22.7. The van der Waals surface area contributed by atoms with Gasteiger partial charge < -0.3 is 24.3 Å². The molecule has 0 aliphatic rings. The molecule has 0 saturated carbocycles. The molecule has 0 atom stereocenters. The predicted octanol–water partition coefficient (Wildman–Crippen LogP) is 6.96. The van der Waals surface area contributed by atoms with Crippen LogP contribution in [0.5, 0.6) is 11.5 Å². The molecule has 3 aromatic carbocycles. The molecule has 0 aliphatic carbocycles. The maximum absolute atomic E-state index is 13.6. The minimum atomic E-state index is -1.56. The average molecular weight is 582 g/mol. The molecule has 0 aliphatic heterocycles. The van der Waals surface area contributed by atoms with Gasteiger partial charge in [-0.2, -0.15) is 4.39 Å². The highest BCUT2D eigenvalue weighted by atomic mass is 19.2. The summed E-state index contributed by atoms with van der Waals surface area (Å²) in [4.78, 5) is 22.4. The molecule has 0 spiro atoms. The van der Waals surface area contributed by atoms with Crippen LogP contribution in [0.3, 0.4) is 0 Å². The molecule has 0 saturated heterocycles. The van der Waals surface area contributed by atoms with Crippen LogP contribution in [0.1, 0.15) is 42.4 Å². The van der Waals surface area contributed by atoms with Crippen LogP contribution in [0.4, 0.5) is 13.2 Å². The molecule has 2 N–H and O–H groups in total. The SMILES string of the molecule is O=C(O)CCCc1cn(CC(=O)O)c2c(C=Cc3ccc(OCCCCOc4ccc(F)c(F)c4F)cc3)cccc12. The fourth-order valence-electron chi connectivity index (χ4n) is 4.55. The van der Waals surface area contributed by atoms with E-state index in [-0.39, 0.29) is 25.3 Å². The normalized spacial score (nSPS) is 11.3. The fraction of sp³-hybridized carbons (Fsp3) is 0.250. The van der Waals surface area contributed by atoms with E-state index in [0.29, 0.717) is 38.0 Å². The van der Waals surface area contributed by atoms with Crippen molar-refractivity contribution in [1.82, 2.24) is 4.57 Å². The van der Waals surface area contributed by atoms with Crippen molar-refractivity contribution in [1.29, 1.82) is 0 Å². The first-order chi connectivity index (χ1) is 20.2. The molecule has 10 heteroatoms. The maximum atomic E-state index is 13.6. The number of hydrogen-bond acceptors (Lipinski definition) is 4. The molecule has 4 rings (SSSR count). The van der Waals surface area contributed by atoms with Crippen molar-refractivity contribution in [3.63, 3.8) is 0 Å². The molecular weight excluding hydrogens is 551 g/mol. The van der Waals surface area contributed by atoms with Crippen LogP contribution in [0.25, 0.3) is 23.1 Å². The molecule has 1 aromatic heterocycles. The fourth-order valence-corrected chi connectivity index (χ4v) is 4.55. The van der Waals surface area contributed by atoms with Crippen molar-refractivity contribution in [3.05, 3.63) is 94.9 Å². The lowest BCUT2D eigenvalue weighted by Crippen LogP contribution is -2.07. The number of benzene rings is 3. The number of aromatic nitrogens is 1. The number of fused-ring (bicyclic) bond motifs is 1. The predicted molar refractivity (Wildman–Crippen MR) is 152 cm³/mol. The van der Waals surface area contributed by atoms with Crippen molar-refractivity contribution >= 4 is 35.0 Å². The molecule has 1 heterocycles. The molecule has 0 radical (unpaired) electrons. The number of para-hydroxylation sites is 1. The highest BCUT2D eigenvalue weighted by Gasteiger charge is 2.15. The maximum Gasteiger partial charge on any atom is 0.323 e. The van der Waals surface area contributed by atoms with Gasteiger partial charge in [0.25, 0.3) is 0 Å².